The zero-order chi connectivity index (χ0) is 12.4. The first-order valence-electron chi connectivity index (χ1n) is 6.20. The molecule has 2 aromatic rings. The van der Waals surface area contributed by atoms with Gasteiger partial charge in [0.1, 0.15) is 10.3 Å². The minimum Gasteiger partial charge on any atom is -0.342 e. The van der Waals surface area contributed by atoms with Crippen LogP contribution in [0.3, 0.4) is 0 Å². The average molecular weight is 258 g/mol. The van der Waals surface area contributed by atoms with Gasteiger partial charge in [0.15, 0.2) is 5.82 Å². The highest BCUT2D eigenvalue weighted by Crippen LogP contribution is 2.33. The van der Waals surface area contributed by atoms with E-state index in [4.69, 9.17) is 12.2 Å². The van der Waals surface area contributed by atoms with Crippen molar-refractivity contribution in [3.63, 3.8) is 0 Å². The molecule has 1 fully saturated rings. The SMILES string of the molecule is S=c1cc(C2CCCC2)[nH]c(-c2cnccn2)n1. The molecule has 0 saturated heterocycles. The zero-order valence-corrected chi connectivity index (χ0v) is 10.8. The number of nitrogens with zero attached hydrogens (tertiary/aromatic N) is 3. The molecule has 18 heavy (non-hydrogen) atoms. The van der Waals surface area contributed by atoms with Crippen molar-refractivity contribution in [2.24, 2.45) is 0 Å². The third-order valence-electron chi connectivity index (χ3n) is 3.36. The van der Waals surface area contributed by atoms with Crippen molar-refractivity contribution < 1.29 is 0 Å². The minimum absolute atomic E-state index is 0.588. The molecular formula is C13H14N4S. The normalized spacial score (nSPS) is 16.0. The zero-order valence-electron chi connectivity index (χ0n) is 9.97. The van der Waals surface area contributed by atoms with Gasteiger partial charge >= 0.3 is 0 Å². The number of rotatable bonds is 2. The van der Waals surface area contributed by atoms with Crippen molar-refractivity contribution in [2.75, 3.05) is 0 Å². The van der Waals surface area contributed by atoms with Crippen LogP contribution in [-0.4, -0.2) is 19.9 Å². The smallest absolute Gasteiger partial charge is 0.159 e. The lowest BCUT2D eigenvalue weighted by Gasteiger charge is -2.10. The molecule has 0 aromatic carbocycles. The molecule has 2 heterocycles. The first kappa shape index (κ1) is 11.5. The summed E-state index contributed by atoms with van der Waals surface area (Å²) in [6.07, 6.45) is 10.1. The molecule has 5 heteroatoms. The second-order valence-electron chi connectivity index (χ2n) is 4.60. The van der Waals surface area contributed by atoms with E-state index in [2.05, 4.69) is 19.9 Å². The Balaban J connectivity index is 2.03. The van der Waals surface area contributed by atoms with Crippen LogP contribution in [0.5, 0.6) is 0 Å². The lowest BCUT2D eigenvalue weighted by Crippen LogP contribution is -2.01. The van der Waals surface area contributed by atoms with E-state index in [0.717, 1.165) is 11.5 Å². The number of aromatic amines is 1. The topological polar surface area (TPSA) is 54.5 Å². The van der Waals surface area contributed by atoms with Gasteiger partial charge in [-0.25, -0.2) is 9.97 Å². The number of nitrogens with one attached hydrogen (secondary N) is 1. The molecule has 0 atom stereocenters. The van der Waals surface area contributed by atoms with Crippen LogP contribution in [0.15, 0.2) is 24.7 Å². The van der Waals surface area contributed by atoms with Gasteiger partial charge in [0.25, 0.3) is 0 Å². The van der Waals surface area contributed by atoms with E-state index in [-0.39, 0.29) is 0 Å². The maximum atomic E-state index is 5.24. The van der Waals surface area contributed by atoms with E-state index >= 15 is 0 Å². The molecule has 1 aliphatic rings. The van der Waals surface area contributed by atoms with Crippen molar-refractivity contribution in [3.8, 4) is 11.5 Å². The van der Waals surface area contributed by atoms with Gasteiger partial charge in [-0.3, -0.25) is 4.98 Å². The lowest BCUT2D eigenvalue weighted by atomic mass is 10.0. The van der Waals surface area contributed by atoms with Crippen LogP contribution in [0.1, 0.15) is 37.3 Å². The Hall–Kier alpha value is -1.62. The molecule has 1 saturated carbocycles. The third kappa shape index (κ3) is 2.31. The van der Waals surface area contributed by atoms with Crippen LogP contribution < -0.4 is 0 Å². The molecule has 0 unspecified atom stereocenters. The Kier molecular flexibility index (Phi) is 3.15. The molecule has 1 aliphatic carbocycles. The van der Waals surface area contributed by atoms with E-state index in [1.165, 1.54) is 31.4 Å². The van der Waals surface area contributed by atoms with Crippen molar-refractivity contribution in [3.05, 3.63) is 35.0 Å². The Bertz CT molecular complexity index is 587. The summed E-state index contributed by atoms with van der Waals surface area (Å²) in [4.78, 5) is 16.0. The Morgan fingerprint density at radius 3 is 2.78 bits per heavy atom. The molecule has 0 aliphatic heterocycles. The lowest BCUT2D eigenvalue weighted by molar-refractivity contribution is 0.694. The summed E-state index contributed by atoms with van der Waals surface area (Å²) < 4.78 is 0.622. The fourth-order valence-electron chi connectivity index (χ4n) is 2.48. The van der Waals surface area contributed by atoms with Crippen LogP contribution in [0.4, 0.5) is 0 Å². The van der Waals surface area contributed by atoms with Gasteiger partial charge in [0.05, 0.1) is 6.20 Å². The maximum absolute atomic E-state index is 5.24. The van der Waals surface area contributed by atoms with Crippen LogP contribution in [0.25, 0.3) is 11.5 Å². The van der Waals surface area contributed by atoms with Crippen LogP contribution in [0, 0.1) is 4.64 Å². The highest BCUT2D eigenvalue weighted by atomic mass is 32.1. The summed E-state index contributed by atoms with van der Waals surface area (Å²) in [5.74, 6) is 1.31. The van der Waals surface area contributed by atoms with E-state index in [1.807, 2.05) is 6.07 Å². The molecule has 1 N–H and O–H groups in total. The molecule has 0 amide bonds. The Morgan fingerprint density at radius 2 is 2.06 bits per heavy atom. The molecule has 4 nitrogen and oxygen atoms in total. The highest BCUT2D eigenvalue weighted by molar-refractivity contribution is 7.71. The first-order chi connectivity index (χ1) is 8.83. The van der Waals surface area contributed by atoms with Crippen molar-refractivity contribution in [1.29, 1.82) is 0 Å². The van der Waals surface area contributed by atoms with Crippen LogP contribution in [0.2, 0.25) is 0 Å². The second-order valence-corrected chi connectivity index (χ2v) is 5.01. The third-order valence-corrected chi connectivity index (χ3v) is 3.57. The second kappa shape index (κ2) is 4.94. The van der Waals surface area contributed by atoms with Gasteiger partial charge in [-0.05, 0) is 24.8 Å². The fourth-order valence-corrected chi connectivity index (χ4v) is 2.69. The van der Waals surface area contributed by atoms with Gasteiger partial charge in [0, 0.05) is 18.1 Å². The Labute approximate surface area is 111 Å². The predicted molar refractivity (Wildman–Crippen MR) is 71.7 cm³/mol. The summed E-state index contributed by atoms with van der Waals surface area (Å²) >= 11 is 5.24. The van der Waals surface area contributed by atoms with E-state index in [0.29, 0.717) is 10.6 Å². The molecule has 0 spiro atoms. The summed E-state index contributed by atoms with van der Waals surface area (Å²) in [6.45, 7) is 0. The highest BCUT2D eigenvalue weighted by Gasteiger charge is 2.18. The summed E-state index contributed by atoms with van der Waals surface area (Å²) in [6, 6.07) is 1.98. The van der Waals surface area contributed by atoms with Crippen LogP contribution in [-0.2, 0) is 0 Å². The summed E-state index contributed by atoms with van der Waals surface area (Å²) in [7, 11) is 0. The number of hydrogen-bond donors (Lipinski definition) is 1. The standard InChI is InChI=1S/C13H14N4S/c18-12-7-10(9-3-1-2-4-9)16-13(17-12)11-8-14-5-6-15-11/h5-9H,1-4H2,(H,16,17,18). The molecule has 0 radical (unpaired) electrons. The molecule has 92 valence electrons. The predicted octanol–water partition coefficient (Wildman–Crippen LogP) is 3.25. The molecule has 0 bridgehead atoms. The van der Waals surface area contributed by atoms with Gasteiger partial charge < -0.3 is 4.98 Å². The monoisotopic (exact) mass is 258 g/mol. The van der Waals surface area contributed by atoms with Crippen LogP contribution >= 0.6 is 12.2 Å². The van der Waals surface area contributed by atoms with E-state index < -0.39 is 0 Å². The maximum Gasteiger partial charge on any atom is 0.159 e. The van der Waals surface area contributed by atoms with Crippen molar-refractivity contribution in [2.45, 2.75) is 31.6 Å². The number of hydrogen-bond acceptors (Lipinski definition) is 4. The van der Waals surface area contributed by atoms with Gasteiger partial charge in [-0.15, -0.1) is 0 Å². The minimum atomic E-state index is 0.588. The van der Waals surface area contributed by atoms with Crippen molar-refractivity contribution in [1.82, 2.24) is 19.9 Å². The van der Waals surface area contributed by atoms with Gasteiger partial charge in [0.2, 0.25) is 0 Å². The first-order valence-corrected chi connectivity index (χ1v) is 6.61. The summed E-state index contributed by atoms with van der Waals surface area (Å²) in [5, 5.41) is 0. The fraction of sp³-hybridized carbons (Fsp3) is 0.385. The summed E-state index contributed by atoms with van der Waals surface area (Å²) in [5.41, 5.74) is 1.93. The Morgan fingerprint density at radius 1 is 1.22 bits per heavy atom. The van der Waals surface area contributed by atoms with Crippen molar-refractivity contribution >= 4 is 12.2 Å². The van der Waals surface area contributed by atoms with Gasteiger partial charge in [-0.1, -0.05) is 25.1 Å². The average Bonchev–Trinajstić information content (AvgIpc) is 2.93. The molecule has 2 aromatic heterocycles. The quantitative estimate of drug-likeness (QED) is 0.840. The number of H-pyrrole nitrogens is 1. The van der Waals surface area contributed by atoms with E-state index in [9.17, 15) is 0 Å². The number of aromatic nitrogens is 4. The van der Waals surface area contributed by atoms with E-state index in [1.54, 1.807) is 18.6 Å². The van der Waals surface area contributed by atoms with Gasteiger partial charge in [-0.2, -0.15) is 0 Å². The molecule has 3 rings (SSSR count). The largest absolute Gasteiger partial charge is 0.342 e. The molecular weight excluding hydrogens is 244 g/mol.